The van der Waals surface area contributed by atoms with E-state index < -0.39 is 0 Å². The highest BCUT2D eigenvalue weighted by atomic mass is 16.5. The van der Waals surface area contributed by atoms with Crippen molar-refractivity contribution in [2.45, 2.75) is 38.3 Å². The maximum absolute atomic E-state index is 5.54. The van der Waals surface area contributed by atoms with E-state index in [2.05, 4.69) is 53.8 Å². The smallest absolute Gasteiger partial charge is 0.119 e. The molecule has 2 nitrogen and oxygen atoms in total. The molecular formula is C19H23NO. The molecule has 1 aliphatic rings. The molecule has 0 spiro atoms. The average Bonchev–Trinajstić information content (AvgIpc) is 2.47. The molecule has 21 heavy (non-hydrogen) atoms. The second kappa shape index (κ2) is 6.77. The SMILES string of the molecule is CCOc1cccc(CNC2CC(c3ccccc3)C2)c1. The Hall–Kier alpha value is -1.80. The molecule has 3 rings (SSSR count). The molecule has 0 radical (unpaired) electrons. The zero-order valence-corrected chi connectivity index (χ0v) is 12.6. The summed E-state index contributed by atoms with van der Waals surface area (Å²) < 4.78 is 5.54. The van der Waals surface area contributed by atoms with E-state index in [1.165, 1.54) is 24.0 Å². The molecular weight excluding hydrogens is 258 g/mol. The van der Waals surface area contributed by atoms with Crippen molar-refractivity contribution in [2.75, 3.05) is 6.61 Å². The van der Waals surface area contributed by atoms with Crippen molar-refractivity contribution in [3.8, 4) is 5.75 Å². The number of benzene rings is 2. The van der Waals surface area contributed by atoms with Crippen LogP contribution in [0, 0.1) is 0 Å². The molecule has 0 heterocycles. The van der Waals surface area contributed by atoms with Gasteiger partial charge in [0.05, 0.1) is 6.61 Å². The van der Waals surface area contributed by atoms with Crippen LogP contribution < -0.4 is 10.1 Å². The van der Waals surface area contributed by atoms with Gasteiger partial charge in [0.2, 0.25) is 0 Å². The van der Waals surface area contributed by atoms with Crippen LogP contribution in [0.1, 0.15) is 36.8 Å². The lowest BCUT2D eigenvalue weighted by atomic mass is 9.76. The normalized spacial score (nSPS) is 20.8. The molecule has 0 amide bonds. The summed E-state index contributed by atoms with van der Waals surface area (Å²) in [6.45, 7) is 3.66. The van der Waals surface area contributed by atoms with Crippen molar-refractivity contribution in [1.29, 1.82) is 0 Å². The number of hydrogen-bond acceptors (Lipinski definition) is 2. The lowest BCUT2D eigenvalue weighted by Crippen LogP contribution is -2.39. The zero-order chi connectivity index (χ0) is 14.5. The molecule has 2 heteroatoms. The van der Waals surface area contributed by atoms with E-state index in [0.29, 0.717) is 6.04 Å². The number of rotatable bonds is 6. The number of ether oxygens (including phenoxy) is 1. The van der Waals surface area contributed by atoms with Gasteiger partial charge in [0, 0.05) is 12.6 Å². The maximum atomic E-state index is 5.54. The first-order valence-corrected chi connectivity index (χ1v) is 7.85. The predicted octanol–water partition coefficient (Wildman–Crippen LogP) is 4.12. The van der Waals surface area contributed by atoms with E-state index in [1.807, 2.05) is 13.0 Å². The van der Waals surface area contributed by atoms with Gasteiger partial charge >= 0.3 is 0 Å². The van der Waals surface area contributed by atoms with Crippen LogP contribution in [0.5, 0.6) is 5.75 Å². The monoisotopic (exact) mass is 281 g/mol. The highest BCUT2D eigenvalue weighted by molar-refractivity contribution is 5.28. The van der Waals surface area contributed by atoms with E-state index in [1.54, 1.807) is 0 Å². The molecule has 0 aliphatic heterocycles. The Morgan fingerprint density at radius 2 is 1.86 bits per heavy atom. The molecule has 1 saturated carbocycles. The fraction of sp³-hybridized carbons (Fsp3) is 0.368. The summed E-state index contributed by atoms with van der Waals surface area (Å²) in [5, 5.41) is 3.65. The Bertz CT molecular complexity index is 561. The molecule has 1 N–H and O–H groups in total. The van der Waals surface area contributed by atoms with Crippen LogP contribution >= 0.6 is 0 Å². The van der Waals surface area contributed by atoms with E-state index in [9.17, 15) is 0 Å². The van der Waals surface area contributed by atoms with Gasteiger partial charge in [-0.05, 0) is 48.9 Å². The van der Waals surface area contributed by atoms with Crippen molar-refractivity contribution in [1.82, 2.24) is 5.32 Å². The summed E-state index contributed by atoms with van der Waals surface area (Å²) in [6, 6.07) is 19.8. The fourth-order valence-corrected chi connectivity index (χ4v) is 2.96. The van der Waals surface area contributed by atoms with Crippen molar-refractivity contribution < 1.29 is 4.74 Å². The van der Waals surface area contributed by atoms with Crippen molar-refractivity contribution in [2.24, 2.45) is 0 Å². The first-order valence-electron chi connectivity index (χ1n) is 7.85. The van der Waals surface area contributed by atoms with Crippen LogP contribution in [-0.2, 0) is 6.54 Å². The molecule has 1 aliphatic carbocycles. The van der Waals surface area contributed by atoms with Crippen LogP contribution in [0.2, 0.25) is 0 Å². The maximum Gasteiger partial charge on any atom is 0.119 e. The predicted molar refractivity (Wildman–Crippen MR) is 86.7 cm³/mol. The van der Waals surface area contributed by atoms with Gasteiger partial charge < -0.3 is 10.1 Å². The van der Waals surface area contributed by atoms with Gasteiger partial charge in [-0.25, -0.2) is 0 Å². The molecule has 1 fully saturated rings. The fourth-order valence-electron chi connectivity index (χ4n) is 2.96. The Balaban J connectivity index is 1.46. The molecule has 0 aromatic heterocycles. The highest BCUT2D eigenvalue weighted by Crippen LogP contribution is 2.36. The van der Waals surface area contributed by atoms with Crippen molar-refractivity contribution in [3.05, 3.63) is 65.7 Å². The van der Waals surface area contributed by atoms with Crippen LogP contribution in [0.4, 0.5) is 0 Å². The largest absolute Gasteiger partial charge is 0.494 e. The Labute approximate surface area is 127 Å². The van der Waals surface area contributed by atoms with Gasteiger partial charge in [-0.3, -0.25) is 0 Å². The quantitative estimate of drug-likeness (QED) is 0.860. The summed E-state index contributed by atoms with van der Waals surface area (Å²) in [7, 11) is 0. The Morgan fingerprint density at radius 3 is 2.62 bits per heavy atom. The van der Waals surface area contributed by atoms with E-state index in [4.69, 9.17) is 4.74 Å². The Morgan fingerprint density at radius 1 is 1.05 bits per heavy atom. The average molecular weight is 281 g/mol. The Kier molecular flexibility index (Phi) is 4.56. The molecule has 0 atom stereocenters. The van der Waals surface area contributed by atoms with Crippen molar-refractivity contribution in [3.63, 3.8) is 0 Å². The summed E-state index contributed by atoms with van der Waals surface area (Å²) >= 11 is 0. The second-order valence-electron chi connectivity index (χ2n) is 5.74. The molecule has 0 unspecified atom stereocenters. The van der Waals surface area contributed by atoms with E-state index in [0.717, 1.165) is 24.8 Å². The molecule has 2 aromatic carbocycles. The number of nitrogens with one attached hydrogen (secondary N) is 1. The minimum atomic E-state index is 0.644. The topological polar surface area (TPSA) is 21.3 Å². The third-order valence-electron chi connectivity index (χ3n) is 4.21. The standard InChI is InChI=1S/C19H23NO/c1-2-21-19-10-6-7-15(11-19)14-20-18-12-17(13-18)16-8-4-3-5-9-16/h3-11,17-18,20H,2,12-14H2,1H3. The van der Waals surface area contributed by atoms with E-state index in [-0.39, 0.29) is 0 Å². The summed E-state index contributed by atoms with van der Waals surface area (Å²) in [4.78, 5) is 0. The summed E-state index contributed by atoms with van der Waals surface area (Å²) in [5.74, 6) is 1.70. The van der Waals surface area contributed by atoms with Crippen LogP contribution in [-0.4, -0.2) is 12.6 Å². The first kappa shape index (κ1) is 14.2. The molecule has 2 aromatic rings. The van der Waals surface area contributed by atoms with Gasteiger partial charge in [-0.15, -0.1) is 0 Å². The minimum Gasteiger partial charge on any atom is -0.494 e. The minimum absolute atomic E-state index is 0.644. The van der Waals surface area contributed by atoms with Gasteiger partial charge in [0.1, 0.15) is 5.75 Å². The third kappa shape index (κ3) is 3.64. The molecule has 0 saturated heterocycles. The lowest BCUT2D eigenvalue weighted by molar-refractivity contribution is 0.289. The van der Waals surface area contributed by atoms with Gasteiger partial charge in [-0.2, -0.15) is 0 Å². The van der Waals surface area contributed by atoms with Crippen LogP contribution in [0.15, 0.2) is 54.6 Å². The first-order chi connectivity index (χ1) is 10.3. The van der Waals surface area contributed by atoms with E-state index >= 15 is 0 Å². The van der Waals surface area contributed by atoms with Crippen molar-refractivity contribution >= 4 is 0 Å². The van der Waals surface area contributed by atoms with Crippen LogP contribution in [0.25, 0.3) is 0 Å². The van der Waals surface area contributed by atoms with Gasteiger partial charge in [0.25, 0.3) is 0 Å². The molecule has 110 valence electrons. The number of hydrogen-bond donors (Lipinski definition) is 1. The van der Waals surface area contributed by atoms with Gasteiger partial charge in [-0.1, -0.05) is 42.5 Å². The lowest BCUT2D eigenvalue weighted by Gasteiger charge is -2.36. The summed E-state index contributed by atoms with van der Waals surface area (Å²) in [6.07, 6.45) is 2.49. The molecule has 0 bridgehead atoms. The highest BCUT2D eigenvalue weighted by Gasteiger charge is 2.29. The zero-order valence-electron chi connectivity index (χ0n) is 12.6. The van der Waals surface area contributed by atoms with Crippen LogP contribution in [0.3, 0.4) is 0 Å². The third-order valence-corrected chi connectivity index (χ3v) is 4.21. The second-order valence-corrected chi connectivity index (χ2v) is 5.74. The summed E-state index contributed by atoms with van der Waals surface area (Å²) in [5.41, 5.74) is 2.78. The van der Waals surface area contributed by atoms with Gasteiger partial charge in [0.15, 0.2) is 0 Å².